The molecule has 3 aromatic heterocycles. The molecule has 1 fully saturated rings. The van der Waals surface area contributed by atoms with Crippen LogP contribution in [-0.2, 0) is 6.42 Å². The highest BCUT2D eigenvalue weighted by atomic mass is 32.1. The zero-order chi connectivity index (χ0) is 32.1. The van der Waals surface area contributed by atoms with E-state index in [1.165, 1.54) is 27.0 Å². The lowest BCUT2D eigenvalue weighted by Crippen LogP contribution is -2.33. The van der Waals surface area contributed by atoms with Gasteiger partial charge in [-0.15, -0.1) is 11.3 Å². The maximum Gasteiger partial charge on any atom is 0.344 e. The van der Waals surface area contributed by atoms with Gasteiger partial charge < -0.3 is 15.1 Å². The van der Waals surface area contributed by atoms with Gasteiger partial charge in [-0.05, 0) is 67.6 Å². The number of thiophene rings is 1. The first-order valence-electron chi connectivity index (χ1n) is 15.1. The molecule has 0 bridgehead atoms. The zero-order valence-electron chi connectivity index (χ0n) is 25.6. The Balaban J connectivity index is 1.19. The van der Waals surface area contributed by atoms with Gasteiger partial charge in [0, 0.05) is 48.8 Å². The molecule has 9 nitrogen and oxygen atoms in total. The second-order valence-corrected chi connectivity index (χ2v) is 12.9. The molecule has 1 aliphatic heterocycles. The number of aromatic nitrogens is 3. The number of rotatable bonds is 5. The molecule has 1 N–H and O–H groups in total. The molecule has 0 unspecified atom stereocenters. The summed E-state index contributed by atoms with van der Waals surface area (Å²) >= 11 is 1.33. The number of nitrogens with one attached hydrogen (secondary N) is 1. The summed E-state index contributed by atoms with van der Waals surface area (Å²) in [5.41, 5.74) is 5.76. The van der Waals surface area contributed by atoms with Crippen molar-refractivity contribution in [1.82, 2.24) is 19.7 Å². The average molecular weight is 635 g/mol. The summed E-state index contributed by atoms with van der Waals surface area (Å²) in [7, 11) is 3.36. The Hall–Kier alpha value is -5.16. The van der Waals surface area contributed by atoms with Gasteiger partial charge in [0.15, 0.2) is 0 Å². The van der Waals surface area contributed by atoms with Crippen molar-refractivity contribution in [3.63, 3.8) is 0 Å². The predicted octanol–water partition coefficient (Wildman–Crippen LogP) is 6.98. The number of anilines is 2. The molecule has 46 heavy (non-hydrogen) atoms. The molecular formula is C35H31FN6O3S. The van der Waals surface area contributed by atoms with E-state index in [0.29, 0.717) is 29.1 Å². The zero-order valence-corrected chi connectivity index (χ0v) is 26.4. The van der Waals surface area contributed by atoms with Gasteiger partial charge in [-0.2, -0.15) is 9.78 Å². The maximum absolute atomic E-state index is 14.4. The lowest BCUT2D eigenvalue weighted by Gasteiger charge is -2.23. The van der Waals surface area contributed by atoms with E-state index in [1.54, 1.807) is 56.4 Å². The van der Waals surface area contributed by atoms with Crippen molar-refractivity contribution in [2.45, 2.75) is 32.1 Å². The van der Waals surface area contributed by atoms with E-state index in [1.807, 2.05) is 36.4 Å². The smallest absolute Gasteiger partial charge is 0.329 e. The van der Waals surface area contributed by atoms with Gasteiger partial charge in [0.2, 0.25) is 0 Å². The number of hydrogen-bond donors (Lipinski definition) is 1. The Morgan fingerprint density at radius 2 is 1.78 bits per heavy atom. The molecule has 2 aromatic carbocycles. The van der Waals surface area contributed by atoms with Crippen molar-refractivity contribution >= 4 is 40.6 Å². The summed E-state index contributed by atoms with van der Waals surface area (Å²) in [6.07, 6.45) is 4.22. The molecule has 11 heteroatoms. The normalized spacial score (nSPS) is 13.9. The Morgan fingerprint density at radius 3 is 2.54 bits per heavy atom. The number of pyridine rings is 1. The summed E-state index contributed by atoms with van der Waals surface area (Å²) in [6.45, 7) is 2.13. The van der Waals surface area contributed by atoms with Crippen LogP contribution in [-0.4, -0.2) is 58.1 Å². The van der Waals surface area contributed by atoms with E-state index in [2.05, 4.69) is 10.4 Å². The standard InChI is InChI=1S/C35H31FN6O3S/c1-20-8-6-10-25(36)30(20)38-33(43)29-18-22-16-17-41(28-13-5-4-9-23(28)32(22)46-29)34(44)27-12-7-11-26(37-27)24-19-42(35(45)40(2)3)39-31(24)21-14-15-21/h4-13,18-19,21H,14-17H2,1-3H3,(H,38,43). The second kappa shape index (κ2) is 11.6. The van der Waals surface area contributed by atoms with Crippen LogP contribution in [0, 0.1) is 12.7 Å². The number of amides is 3. The highest BCUT2D eigenvalue weighted by Gasteiger charge is 2.32. The monoisotopic (exact) mass is 634 g/mol. The van der Waals surface area contributed by atoms with Crippen LogP contribution >= 0.6 is 11.3 Å². The van der Waals surface area contributed by atoms with Crippen LogP contribution in [0.4, 0.5) is 20.6 Å². The highest BCUT2D eigenvalue weighted by molar-refractivity contribution is 7.17. The van der Waals surface area contributed by atoms with Crippen LogP contribution < -0.4 is 10.2 Å². The molecule has 5 aromatic rings. The van der Waals surface area contributed by atoms with E-state index in [-0.39, 0.29) is 35.1 Å². The number of benzene rings is 2. The van der Waals surface area contributed by atoms with Crippen molar-refractivity contribution in [3.8, 4) is 21.7 Å². The van der Waals surface area contributed by atoms with Gasteiger partial charge in [0.1, 0.15) is 11.5 Å². The summed E-state index contributed by atoms with van der Waals surface area (Å²) < 4.78 is 15.8. The molecule has 0 saturated heterocycles. The first kappa shape index (κ1) is 29.5. The number of halogens is 1. The third-order valence-electron chi connectivity index (χ3n) is 8.31. The first-order valence-corrected chi connectivity index (χ1v) is 15.9. The minimum Gasteiger partial charge on any atom is -0.329 e. The van der Waals surface area contributed by atoms with Gasteiger partial charge in [-0.1, -0.05) is 36.4 Å². The van der Waals surface area contributed by atoms with Gasteiger partial charge in [-0.3, -0.25) is 9.59 Å². The van der Waals surface area contributed by atoms with E-state index in [4.69, 9.17) is 4.98 Å². The average Bonchev–Trinajstić information content (AvgIpc) is 3.70. The molecule has 1 aliphatic carbocycles. The van der Waals surface area contributed by atoms with Gasteiger partial charge >= 0.3 is 6.03 Å². The van der Waals surface area contributed by atoms with E-state index < -0.39 is 5.82 Å². The van der Waals surface area contributed by atoms with Gasteiger partial charge in [0.05, 0.1) is 27.6 Å². The number of carbonyl (C=O) groups is 3. The fraction of sp³-hybridized carbons (Fsp3) is 0.229. The van der Waals surface area contributed by atoms with Crippen molar-refractivity contribution in [1.29, 1.82) is 0 Å². The summed E-state index contributed by atoms with van der Waals surface area (Å²) in [5, 5.41) is 7.32. The fourth-order valence-corrected chi connectivity index (χ4v) is 6.91. The Kier molecular flexibility index (Phi) is 7.48. The molecular weight excluding hydrogens is 603 g/mol. The number of fused-ring (bicyclic) bond motifs is 3. The SMILES string of the molecule is Cc1cccc(F)c1NC(=O)c1cc2c(s1)-c1ccccc1N(C(=O)c1cccc(-c3cn(C(=O)N(C)C)nc3C3CC3)n1)CC2. The van der Waals surface area contributed by atoms with E-state index in [0.717, 1.165) is 45.8 Å². The molecule has 7 rings (SSSR count). The van der Waals surface area contributed by atoms with Crippen LogP contribution in [0.15, 0.2) is 72.9 Å². The van der Waals surface area contributed by atoms with Crippen LogP contribution in [0.1, 0.15) is 55.7 Å². The van der Waals surface area contributed by atoms with Crippen molar-refractivity contribution in [2.24, 2.45) is 0 Å². The van der Waals surface area contributed by atoms with Crippen LogP contribution in [0.5, 0.6) is 0 Å². The van der Waals surface area contributed by atoms with Crippen LogP contribution in [0.25, 0.3) is 21.7 Å². The topological polar surface area (TPSA) is 100 Å². The van der Waals surface area contributed by atoms with Crippen molar-refractivity contribution in [3.05, 3.63) is 106 Å². The summed E-state index contributed by atoms with van der Waals surface area (Å²) in [6, 6.07) is 19.2. The summed E-state index contributed by atoms with van der Waals surface area (Å²) in [5.74, 6) is -0.837. The first-order chi connectivity index (χ1) is 22.2. The molecule has 0 spiro atoms. The Morgan fingerprint density at radius 1 is 1.00 bits per heavy atom. The second-order valence-electron chi connectivity index (χ2n) is 11.8. The minimum atomic E-state index is -0.483. The fourth-order valence-electron chi connectivity index (χ4n) is 5.77. The molecule has 0 radical (unpaired) electrons. The molecule has 4 heterocycles. The van der Waals surface area contributed by atoms with Crippen molar-refractivity contribution < 1.29 is 18.8 Å². The number of para-hydroxylation sites is 2. The molecule has 0 atom stereocenters. The lowest BCUT2D eigenvalue weighted by atomic mass is 10.1. The number of nitrogens with zero attached hydrogens (tertiary/aromatic N) is 5. The lowest BCUT2D eigenvalue weighted by molar-refractivity contribution is 0.0981. The molecule has 232 valence electrons. The van der Waals surface area contributed by atoms with Gasteiger partial charge in [-0.25, -0.2) is 14.2 Å². The number of hydrogen-bond acceptors (Lipinski definition) is 6. The van der Waals surface area contributed by atoms with E-state index in [9.17, 15) is 18.8 Å². The maximum atomic E-state index is 14.4. The van der Waals surface area contributed by atoms with Crippen molar-refractivity contribution in [2.75, 3.05) is 30.9 Å². The highest BCUT2D eigenvalue weighted by Crippen LogP contribution is 2.44. The minimum absolute atomic E-state index is 0.170. The van der Waals surface area contributed by atoms with Gasteiger partial charge in [0.25, 0.3) is 11.8 Å². The number of aryl methyl sites for hydroxylation is 1. The third-order valence-corrected chi connectivity index (χ3v) is 9.52. The molecule has 1 saturated carbocycles. The largest absolute Gasteiger partial charge is 0.344 e. The Bertz CT molecular complexity index is 2010. The molecule has 3 amide bonds. The quantitative estimate of drug-likeness (QED) is 0.225. The van der Waals surface area contributed by atoms with Crippen LogP contribution in [0.3, 0.4) is 0 Å². The van der Waals surface area contributed by atoms with Crippen LogP contribution in [0.2, 0.25) is 0 Å². The predicted molar refractivity (Wildman–Crippen MR) is 176 cm³/mol. The number of carbonyl (C=O) groups excluding carboxylic acids is 3. The third kappa shape index (κ3) is 5.36. The summed E-state index contributed by atoms with van der Waals surface area (Å²) in [4.78, 5) is 49.4. The van der Waals surface area contributed by atoms with E-state index >= 15 is 0 Å². The molecule has 2 aliphatic rings. The Labute approximate surface area is 269 Å².